The number of hydrogen-bond acceptors (Lipinski definition) is 1. The molecular weight excluding hydrogens is 194 g/mol. The van der Waals surface area contributed by atoms with E-state index in [9.17, 15) is 0 Å². The molecule has 2 heteroatoms. The summed E-state index contributed by atoms with van der Waals surface area (Å²) in [6, 6.07) is 0. The summed E-state index contributed by atoms with van der Waals surface area (Å²) in [6.45, 7) is 17.5. The SMILES string of the molecule is CC(C)CN(CC(C)C)CC(C)C.Cl. The summed E-state index contributed by atoms with van der Waals surface area (Å²) in [7, 11) is 0. The minimum Gasteiger partial charge on any atom is -0.303 e. The summed E-state index contributed by atoms with van der Waals surface area (Å²) in [6.07, 6.45) is 0. The molecule has 0 aromatic rings. The first kappa shape index (κ1) is 16.7. The van der Waals surface area contributed by atoms with E-state index in [1.165, 1.54) is 19.6 Å². The van der Waals surface area contributed by atoms with Gasteiger partial charge in [-0.15, -0.1) is 12.4 Å². The maximum atomic E-state index is 2.60. The van der Waals surface area contributed by atoms with Crippen molar-refractivity contribution in [3.63, 3.8) is 0 Å². The molecule has 1 nitrogen and oxygen atoms in total. The molecule has 0 saturated heterocycles. The van der Waals surface area contributed by atoms with Gasteiger partial charge < -0.3 is 4.90 Å². The molecule has 0 unspecified atom stereocenters. The van der Waals surface area contributed by atoms with Crippen LogP contribution in [-0.2, 0) is 0 Å². The Morgan fingerprint density at radius 3 is 1.00 bits per heavy atom. The van der Waals surface area contributed by atoms with Crippen LogP contribution in [0.25, 0.3) is 0 Å². The van der Waals surface area contributed by atoms with E-state index in [0.717, 1.165) is 17.8 Å². The molecule has 0 rings (SSSR count). The van der Waals surface area contributed by atoms with Gasteiger partial charge in [-0.25, -0.2) is 0 Å². The van der Waals surface area contributed by atoms with Gasteiger partial charge in [0.15, 0.2) is 0 Å². The second-order valence-electron chi connectivity index (χ2n) is 5.40. The molecule has 0 spiro atoms. The molecule has 0 radical (unpaired) electrons. The van der Waals surface area contributed by atoms with Gasteiger partial charge in [0, 0.05) is 19.6 Å². The third kappa shape index (κ3) is 10.3. The van der Waals surface area contributed by atoms with Crippen molar-refractivity contribution in [2.24, 2.45) is 17.8 Å². The molecule has 0 bridgehead atoms. The molecule has 0 aliphatic rings. The molecule has 0 aromatic carbocycles. The second-order valence-corrected chi connectivity index (χ2v) is 5.40. The van der Waals surface area contributed by atoms with E-state index < -0.39 is 0 Å². The molecule has 0 heterocycles. The van der Waals surface area contributed by atoms with Gasteiger partial charge in [0.05, 0.1) is 0 Å². The highest BCUT2D eigenvalue weighted by Crippen LogP contribution is 2.06. The summed E-state index contributed by atoms with van der Waals surface area (Å²) < 4.78 is 0. The van der Waals surface area contributed by atoms with Gasteiger partial charge in [-0.1, -0.05) is 41.5 Å². The van der Waals surface area contributed by atoms with E-state index in [0.29, 0.717) is 0 Å². The Morgan fingerprint density at radius 2 is 0.857 bits per heavy atom. The van der Waals surface area contributed by atoms with Crippen molar-refractivity contribution >= 4 is 12.4 Å². The van der Waals surface area contributed by atoms with E-state index in [1.54, 1.807) is 0 Å². The average molecular weight is 222 g/mol. The van der Waals surface area contributed by atoms with Crippen LogP contribution in [0.1, 0.15) is 41.5 Å². The van der Waals surface area contributed by atoms with Crippen molar-refractivity contribution in [2.45, 2.75) is 41.5 Å². The highest BCUT2D eigenvalue weighted by atomic mass is 35.5. The Labute approximate surface area is 96.7 Å². The average Bonchev–Trinajstić information content (AvgIpc) is 1.80. The first-order chi connectivity index (χ1) is 5.91. The maximum absolute atomic E-state index is 2.60. The van der Waals surface area contributed by atoms with Crippen molar-refractivity contribution in [1.29, 1.82) is 0 Å². The molecule has 0 amide bonds. The van der Waals surface area contributed by atoms with Gasteiger partial charge in [0.2, 0.25) is 0 Å². The molecule has 0 fully saturated rings. The summed E-state index contributed by atoms with van der Waals surface area (Å²) in [5.74, 6) is 2.37. The smallest absolute Gasteiger partial charge is 0.000461 e. The predicted molar refractivity (Wildman–Crippen MR) is 68.2 cm³/mol. The van der Waals surface area contributed by atoms with Gasteiger partial charge in [-0.05, 0) is 17.8 Å². The second kappa shape index (κ2) is 8.55. The Hall–Kier alpha value is 0.250. The predicted octanol–water partition coefficient (Wildman–Crippen LogP) is 3.68. The quantitative estimate of drug-likeness (QED) is 0.662. The molecule has 0 aliphatic heterocycles. The highest BCUT2D eigenvalue weighted by molar-refractivity contribution is 5.85. The number of hydrogen-bond donors (Lipinski definition) is 0. The van der Waals surface area contributed by atoms with Crippen LogP contribution in [0.15, 0.2) is 0 Å². The first-order valence-corrected chi connectivity index (χ1v) is 5.64. The third-order valence-corrected chi connectivity index (χ3v) is 1.87. The van der Waals surface area contributed by atoms with Crippen molar-refractivity contribution in [2.75, 3.05) is 19.6 Å². The number of halogens is 1. The van der Waals surface area contributed by atoms with E-state index in [1.807, 2.05) is 0 Å². The fourth-order valence-corrected chi connectivity index (χ4v) is 1.77. The van der Waals surface area contributed by atoms with Crippen LogP contribution in [0.3, 0.4) is 0 Å². The lowest BCUT2D eigenvalue weighted by molar-refractivity contribution is 0.198. The van der Waals surface area contributed by atoms with Crippen molar-refractivity contribution in [1.82, 2.24) is 4.90 Å². The standard InChI is InChI=1S/C12H27N.ClH/c1-10(2)7-13(8-11(3)4)9-12(5)6;/h10-12H,7-9H2,1-6H3;1H. The van der Waals surface area contributed by atoms with E-state index in [2.05, 4.69) is 46.4 Å². The first-order valence-electron chi connectivity index (χ1n) is 5.64. The zero-order valence-corrected chi connectivity index (χ0v) is 11.5. The molecule has 0 aliphatic carbocycles. The topological polar surface area (TPSA) is 3.24 Å². The lowest BCUT2D eigenvalue weighted by atomic mass is 10.1. The van der Waals surface area contributed by atoms with Gasteiger partial charge in [0.1, 0.15) is 0 Å². The minimum absolute atomic E-state index is 0. The van der Waals surface area contributed by atoms with Crippen LogP contribution >= 0.6 is 12.4 Å². The monoisotopic (exact) mass is 221 g/mol. The molecule has 0 N–H and O–H groups in total. The van der Waals surface area contributed by atoms with Gasteiger partial charge in [0.25, 0.3) is 0 Å². The highest BCUT2D eigenvalue weighted by Gasteiger charge is 2.10. The number of nitrogens with zero attached hydrogens (tertiary/aromatic N) is 1. The zero-order valence-electron chi connectivity index (χ0n) is 10.7. The van der Waals surface area contributed by atoms with Crippen LogP contribution in [0.5, 0.6) is 0 Å². The maximum Gasteiger partial charge on any atom is 0.000461 e. The van der Waals surface area contributed by atoms with Crippen LogP contribution in [-0.4, -0.2) is 24.5 Å². The summed E-state index contributed by atoms with van der Waals surface area (Å²) in [4.78, 5) is 2.60. The Bertz CT molecular complexity index is 97.7. The van der Waals surface area contributed by atoms with E-state index in [-0.39, 0.29) is 12.4 Å². The molecule has 88 valence electrons. The van der Waals surface area contributed by atoms with Crippen molar-refractivity contribution < 1.29 is 0 Å². The van der Waals surface area contributed by atoms with Gasteiger partial charge >= 0.3 is 0 Å². The molecular formula is C12H28ClN. The molecule has 0 saturated carbocycles. The molecule has 0 aromatic heterocycles. The fourth-order valence-electron chi connectivity index (χ4n) is 1.77. The molecule has 0 atom stereocenters. The largest absolute Gasteiger partial charge is 0.303 e. The fraction of sp³-hybridized carbons (Fsp3) is 1.00. The van der Waals surface area contributed by atoms with E-state index in [4.69, 9.17) is 0 Å². The molecule has 14 heavy (non-hydrogen) atoms. The summed E-state index contributed by atoms with van der Waals surface area (Å²) in [5, 5.41) is 0. The summed E-state index contributed by atoms with van der Waals surface area (Å²) >= 11 is 0. The van der Waals surface area contributed by atoms with Crippen molar-refractivity contribution in [3.05, 3.63) is 0 Å². The van der Waals surface area contributed by atoms with Gasteiger partial charge in [-0.3, -0.25) is 0 Å². The van der Waals surface area contributed by atoms with Crippen molar-refractivity contribution in [3.8, 4) is 0 Å². The van der Waals surface area contributed by atoms with Crippen LogP contribution in [0.4, 0.5) is 0 Å². The van der Waals surface area contributed by atoms with Crippen LogP contribution in [0, 0.1) is 17.8 Å². The van der Waals surface area contributed by atoms with Crippen LogP contribution in [0.2, 0.25) is 0 Å². The van der Waals surface area contributed by atoms with Gasteiger partial charge in [-0.2, -0.15) is 0 Å². The third-order valence-electron chi connectivity index (χ3n) is 1.87. The van der Waals surface area contributed by atoms with Crippen LogP contribution < -0.4 is 0 Å². The Morgan fingerprint density at radius 1 is 0.643 bits per heavy atom. The van der Waals surface area contributed by atoms with E-state index >= 15 is 0 Å². The zero-order chi connectivity index (χ0) is 10.4. The normalized spacial score (nSPS) is 11.6. The number of rotatable bonds is 6. The lowest BCUT2D eigenvalue weighted by Crippen LogP contribution is -2.34. The Kier molecular flexibility index (Phi) is 10.2. The minimum atomic E-state index is 0. The summed E-state index contributed by atoms with van der Waals surface area (Å²) in [5.41, 5.74) is 0. The Balaban J connectivity index is 0. The lowest BCUT2D eigenvalue weighted by Gasteiger charge is -2.27.